The number of anilines is 1. The predicted molar refractivity (Wildman–Crippen MR) is 77.5 cm³/mol. The number of hydrogen-bond donors (Lipinski definition) is 1. The number of nitrogens with zero attached hydrogens (tertiary/aromatic N) is 3. The highest BCUT2D eigenvalue weighted by Gasteiger charge is 2.18. The molecule has 1 saturated heterocycles. The molecule has 0 amide bonds. The van der Waals surface area contributed by atoms with Crippen LogP contribution in [0.2, 0.25) is 0 Å². The molecule has 0 aliphatic carbocycles. The Bertz CT molecular complexity index is 463. The van der Waals surface area contributed by atoms with Gasteiger partial charge >= 0.3 is 0 Å². The molecule has 1 aromatic heterocycles. The number of rotatable bonds is 4. The van der Waals surface area contributed by atoms with Crippen LogP contribution in [0.1, 0.15) is 19.3 Å². The number of nitro groups is 1. The van der Waals surface area contributed by atoms with Gasteiger partial charge in [0.1, 0.15) is 12.0 Å². The molecule has 1 unspecified atom stereocenters. The summed E-state index contributed by atoms with van der Waals surface area (Å²) in [7, 11) is 1.95. The van der Waals surface area contributed by atoms with Crippen LogP contribution in [0.4, 0.5) is 11.5 Å². The fraction of sp³-hybridized carbons (Fsp3) is 0.583. The molecule has 19 heavy (non-hydrogen) atoms. The summed E-state index contributed by atoms with van der Waals surface area (Å²) in [6.45, 7) is 1.91. The average Bonchev–Trinajstić information content (AvgIpc) is 2.39. The quantitative estimate of drug-likeness (QED) is 0.678. The number of nitrogens with one attached hydrogen (secondary N) is 1. The molecule has 0 radical (unpaired) electrons. The third-order valence-corrected chi connectivity index (χ3v) is 3.87. The summed E-state index contributed by atoms with van der Waals surface area (Å²) in [5, 5.41) is 14.1. The van der Waals surface area contributed by atoms with Crippen molar-refractivity contribution in [2.45, 2.75) is 25.3 Å². The molecule has 6 nitrogen and oxygen atoms in total. The molecule has 1 N–H and O–H groups in total. The van der Waals surface area contributed by atoms with Crippen molar-refractivity contribution in [3.05, 3.63) is 26.9 Å². The highest BCUT2D eigenvalue weighted by molar-refractivity contribution is 9.10. The van der Waals surface area contributed by atoms with Gasteiger partial charge in [-0.1, -0.05) is 6.42 Å². The van der Waals surface area contributed by atoms with Crippen LogP contribution in [0.25, 0.3) is 0 Å². The molecule has 1 fully saturated rings. The Hall–Kier alpha value is -1.21. The minimum atomic E-state index is -0.440. The van der Waals surface area contributed by atoms with E-state index in [-0.39, 0.29) is 5.69 Å². The van der Waals surface area contributed by atoms with E-state index in [2.05, 4.69) is 26.2 Å². The predicted octanol–water partition coefficient (Wildman–Crippen LogP) is 2.33. The third-order valence-electron chi connectivity index (χ3n) is 3.29. The molecule has 0 saturated carbocycles. The van der Waals surface area contributed by atoms with Crippen LogP contribution in [0.5, 0.6) is 0 Å². The number of aromatic nitrogens is 1. The van der Waals surface area contributed by atoms with Crippen molar-refractivity contribution in [3.8, 4) is 0 Å². The first-order chi connectivity index (χ1) is 9.08. The van der Waals surface area contributed by atoms with Crippen molar-refractivity contribution in [1.82, 2.24) is 10.3 Å². The second-order valence-electron chi connectivity index (χ2n) is 4.78. The van der Waals surface area contributed by atoms with Gasteiger partial charge in [-0.25, -0.2) is 4.98 Å². The first-order valence-corrected chi connectivity index (χ1v) is 7.11. The molecule has 0 spiro atoms. The summed E-state index contributed by atoms with van der Waals surface area (Å²) in [6.07, 6.45) is 4.94. The number of halogens is 1. The monoisotopic (exact) mass is 328 g/mol. The SMILES string of the molecule is CN(CC1CCCCN1)c1ncc([N+](=O)[O-])cc1Br. The summed E-state index contributed by atoms with van der Waals surface area (Å²) in [5.41, 5.74) is -0.000170. The van der Waals surface area contributed by atoms with Gasteiger partial charge in [-0.15, -0.1) is 0 Å². The Morgan fingerprint density at radius 3 is 3.00 bits per heavy atom. The van der Waals surface area contributed by atoms with E-state index in [1.54, 1.807) is 0 Å². The van der Waals surface area contributed by atoms with Crippen LogP contribution < -0.4 is 10.2 Å². The van der Waals surface area contributed by atoms with Crippen LogP contribution >= 0.6 is 15.9 Å². The van der Waals surface area contributed by atoms with Gasteiger partial charge in [-0.2, -0.15) is 0 Å². The number of hydrogen-bond acceptors (Lipinski definition) is 5. The van der Waals surface area contributed by atoms with Gasteiger partial charge in [0.05, 0.1) is 9.40 Å². The Kier molecular flexibility index (Phi) is 4.71. The molecule has 1 aromatic rings. The van der Waals surface area contributed by atoms with Crippen LogP contribution in [-0.2, 0) is 0 Å². The molecule has 104 valence electrons. The highest BCUT2D eigenvalue weighted by Crippen LogP contribution is 2.27. The van der Waals surface area contributed by atoms with Gasteiger partial charge in [0, 0.05) is 25.7 Å². The van der Waals surface area contributed by atoms with E-state index in [1.165, 1.54) is 25.1 Å². The smallest absolute Gasteiger partial charge is 0.288 e. The van der Waals surface area contributed by atoms with Crippen molar-refractivity contribution in [2.24, 2.45) is 0 Å². The van der Waals surface area contributed by atoms with Crippen molar-refractivity contribution in [2.75, 3.05) is 25.0 Å². The topological polar surface area (TPSA) is 71.3 Å². The lowest BCUT2D eigenvalue weighted by molar-refractivity contribution is -0.385. The number of pyridine rings is 1. The molecule has 1 aliphatic rings. The van der Waals surface area contributed by atoms with Gasteiger partial charge in [0.15, 0.2) is 0 Å². The van der Waals surface area contributed by atoms with E-state index < -0.39 is 4.92 Å². The molecule has 0 aromatic carbocycles. The van der Waals surface area contributed by atoms with Crippen molar-refractivity contribution in [3.63, 3.8) is 0 Å². The molecule has 0 bridgehead atoms. The lowest BCUT2D eigenvalue weighted by atomic mass is 10.0. The maximum Gasteiger partial charge on any atom is 0.288 e. The fourth-order valence-electron chi connectivity index (χ4n) is 2.30. The zero-order valence-electron chi connectivity index (χ0n) is 10.8. The highest BCUT2D eigenvalue weighted by atomic mass is 79.9. The van der Waals surface area contributed by atoms with Gasteiger partial charge in [-0.05, 0) is 35.3 Å². The molecular formula is C12H17BrN4O2. The Morgan fingerprint density at radius 2 is 2.42 bits per heavy atom. The summed E-state index contributed by atoms with van der Waals surface area (Å²) in [4.78, 5) is 16.4. The average molecular weight is 329 g/mol. The molecule has 2 heterocycles. The minimum Gasteiger partial charge on any atom is -0.357 e. The van der Waals surface area contributed by atoms with Crippen LogP contribution in [0, 0.1) is 10.1 Å². The van der Waals surface area contributed by atoms with Crippen molar-refractivity contribution in [1.29, 1.82) is 0 Å². The summed E-state index contributed by atoms with van der Waals surface area (Å²) in [6, 6.07) is 1.95. The fourth-order valence-corrected chi connectivity index (χ4v) is 2.94. The normalized spacial score (nSPS) is 19.2. The van der Waals surface area contributed by atoms with E-state index in [9.17, 15) is 10.1 Å². The largest absolute Gasteiger partial charge is 0.357 e. The first kappa shape index (κ1) is 14.2. The maximum absolute atomic E-state index is 10.7. The van der Waals surface area contributed by atoms with E-state index in [4.69, 9.17) is 0 Å². The van der Waals surface area contributed by atoms with Gasteiger partial charge in [0.2, 0.25) is 0 Å². The van der Waals surface area contributed by atoms with Crippen LogP contribution in [0.15, 0.2) is 16.7 Å². The van der Waals surface area contributed by atoms with E-state index in [0.29, 0.717) is 10.5 Å². The second-order valence-corrected chi connectivity index (χ2v) is 5.64. The summed E-state index contributed by atoms with van der Waals surface area (Å²) >= 11 is 3.35. The third kappa shape index (κ3) is 3.63. The van der Waals surface area contributed by atoms with E-state index in [1.807, 2.05) is 11.9 Å². The van der Waals surface area contributed by atoms with Crippen molar-refractivity contribution >= 4 is 27.4 Å². The Balaban J connectivity index is 2.05. The van der Waals surface area contributed by atoms with E-state index in [0.717, 1.165) is 25.3 Å². The molecule has 1 aliphatic heterocycles. The second kappa shape index (κ2) is 6.29. The Labute approximate surface area is 120 Å². The zero-order valence-corrected chi connectivity index (χ0v) is 12.4. The first-order valence-electron chi connectivity index (χ1n) is 6.32. The lowest BCUT2D eigenvalue weighted by Crippen LogP contribution is -2.42. The lowest BCUT2D eigenvalue weighted by Gasteiger charge is -2.29. The maximum atomic E-state index is 10.7. The molecule has 1 atom stereocenters. The molecular weight excluding hydrogens is 312 g/mol. The van der Waals surface area contributed by atoms with Gasteiger partial charge in [-0.3, -0.25) is 10.1 Å². The van der Waals surface area contributed by atoms with Gasteiger partial charge < -0.3 is 10.2 Å². The van der Waals surface area contributed by atoms with Gasteiger partial charge in [0.25, 0.3) is 5.69 Å². The van der Waals surface area contributed by atoms with Crippen molar-refractivity contribution < 1.29 is 4.92 Å². The number of likely N-dealkylation sites (N-methyl/N-ethyl adjacent to an activating group) is 1. The Morgan fingerprint density at radius 1 is 1.63 bits per heavy atom. The van der Waals surface area contributed by atoms with E-state index >= 15 is 0 Å². The molecule has 7 heteroatoms. The van der Waals surface area contributed by atoms with Crippen LogP contribution in [0.3, 0.4) is 0 Å². The number of piperidine rings is 1. The molecule has 2 rings (SSSR count). The summed E-state index contributed by atoms with van der Waals surface area (Å²) < 4.78 is 0.653. The van der Waals surface area contributed by atoms with Crippen LogP contribution in [-0.4, -0.2) is 36.1 Å². The minimum absolute atomic E-state index is 0.000170. The zero-order chi connectivity index (χ0) is 13.8. The standard InChI is InChI=1S/C12H17BrN4O2/c1-16(8-9-4-2-3-5-14-9)12-11(13)6-10(7-15-12)17(18)19/h6-7,9,14H,2-5,8H2,1H3. The summed E-state index contributed by atoms with van der Waals surface area (Å²) in [5.74, 6) is 0.734.